The van der Waals surface area contributed by atoms with Gasteiger partial charge in [-0.2, -0.15) is 0 Å². The van der Waals surface area contributed by atoms with Crippen LogP contribution in [0.1, 0.15) is 26.2 Å². The lowest BCUT2D eigenvalue weighted by atomic mass is 10.1. The van der Waals surface area contributed by atoms with E-state index in [-0.39, 0.29) is 12.5 Å². The molecule has 1 N–H and O–H groups in total. The van der Waals surface area contributed by atoms with Crippen LogP contribution >= 0.6 is 23.4 Å². The minimum Gasteiger partial charge on any atom is -0.382 e. The van der Waals surface area contributed by atoms with Crippen LogP contribution in [-0.2, 0) is 9.53 Å². The van der Waals surface area contributed by atoms with Gasteiger partial charge in [0, 0.05) is 62.1 Å². The minimum atomic E-state index is 0.00629. The van der Waals surface area contributed by atoms with Crippen LogP contribution in [0.4, 0.5) is 0 Å². The average molecular weight is 441 g/mol. The topological polar surface area (TPSA) is 57.2 Å². The number of hydrogen-bond acceptors (Lipinski definition) is 4. The molecule has 0 aromatic heterocycles. The lowest BCUT2D eigenvalue weighted by Crippen LogP contribution is -2.47. The van der Waals surface area contributed by atoms with Gasteiger partial charge in [0.1, 0.15) is 6.54 Å². The van der Waals surface area contributed by atoms with Crippen LogP contribution in [0.25, 0.3) is 0 Å². The fraction of sp³-hybridized carbons (Fsp3) is 0.619. The van der Waals surface area contributed by atoms with E-state index < -0.39 is 0 Å². The highest BCUT2D eigenvalue weighted by atomic mass is 35.5. The number of hydrogen-bond donors (Lipinski definition) is 1. The predicted octanol–water partition coefficient (Wildman–Crippen LogP) is 3.36. The molecule has 1 aliphatic rings. The maximum atomic E-state index is 12.0. The number of nitrogens with zero attached hydrogens (tertiary/aromatic N) is 3. The summed E-state index contributed by atoms with van der Waals surface area (Å²) >= 11 is 7.89. The monoisotopic (exact) mass is 440 g/mol. The molecule has 0 atom stereocenters. The van der Waals surface area contributed by atoms with Gasteiger partial charge in [0.2, 0.25) is 5.91 Å². The second kappa shape index (κ2) is 13.0. The van der Waals surface area contributed by atoms with Gasteiger partial charge in [-0.1, -0.05) is 11.6 Å². The van der Waals surface area contributed by atoms with Gasteiger partial charge < -0.3 is 19.9 Å². The van der Waals surface area contributed by atoms with Crippen molar-refractivity contribution in [2.24, 2.45) is 4.99 Å². The zero-order valence-electron chi connectivity index (χ0n) is 17.7. The number of likely N-dealkylation sites (N-methyl/N-ethyl adjacent to an activating group) is 1. The summed E-state index contributed by atoms with van der Waals surface area (Å²) in [5.74, 6) is 0.832. The highest BCUT2D eigenvalue weighted by Crippen LogP contribution is 2.31. The number of guanidine groups is 1. The molecule has 2 rings (SSSR count). The van der Waals surface area contributed by atoms with E-state index in [0.717, 1.165) is 63.1 Å². The summed E-state index contributed by atoms with van der Waals surface area (Å²) in [4.78, 5) is 21.6. The summed E-state index contributed by atoms with van der Waals surface area (Å²) in [5.41, 5.74) is 0. The summed E-state index contributed by atoms with van der Waals surface area (Å²) in [6, 6.07) is 8.05. The van der Waals surface area contributed by atoms with E-state index >= 15 is 0 Å². The molecule has 0 aliphatic carbocycles. The van der Waals surface area contributed by atoms with E-state index in [1.165, 1.54) is 4.90 Å². The standard InChI is InChI=1S/C21H33ClN4O2S/c1-4-28-15-5-12-23-21(24-16-20(27)25(2)3)26-13-10-19(11-14-26)29-18-8-6-17(22)7-9-18/h6-9,19H,4-5,10-16H2,1-3H3,(H,23,24). The van der Waals surface area contributed by atoms with Crippen molar-refractivity contribution in [1.82, 2.24) is 15.1 Å². The number of carbonyl (C=O) groups is 1. The molecule has 6 nitrogen and oxygen atoms in total. The molecule has 1 fully saturated rings. The van der Waals surface area contributed by atoms with Crippen LogP contribution < -0.4 is 5.32 Å². The van der Waals surface area contributed by atoms with Crippen LogP contribution in [0.2, 0.25) is 5.02 Å². The largest absolute Gasteiger partial charge is 0.382 e. The van der Waals surface area contributed by atoms with Crippen molar-refractivity contribution in [2.75, 3.05) is 53.5 Å². The van der Waals surface area contributed by atoms with Crippen LogP contribution in [0.5, 0.6) is 0 Å². The zero-order chi connectivity index (χ0) is 21.1. The van der Waals surface area contributed by atoms with Crippen LogP contribution in [0, 0.1) is 0 Å². The van der Waals surface area contributed by atoms with Gasteiger partial charge in [0.05, 0.1) is 0 Å². The first-order valence-electron chi connectivity index (χ1n) is 10.2. The quantitative estimate of drug-likeness (QED) is 0.362. The van der Waals surface area contributed by atoms with Crippen LogP contribution in [-0.4, -0.2) is 80.4 Å². The summed E-state index contributed by atoms with van der Waals surface area (Å²) in [6.07, 6.45) is 3.07. The maximum absolute atomic E-state index is 12.0. The molecule has 0 radical (unpaired) electrons. The number of piperidine rings is 1. The molecule has 1 aromatic carbocycles. The van der Waals surface area contributed by atoms with Gasteiger partial charge in [-0.15, -0.1) is 11.8 Å². The summed E-state index contributed by atoms with van der Waals surface area (Å²) in [5, 5.41) is 4.77. The number of halogens is 1. The molecule has 1 heterocycles. The van der Waals surface area contributed by atoms with Crippen molar-refractivity contribution in [1.29, 1.82) is 0 Å². The van der Waals surface area contributed by atoms with E-state index in [9.17, 15) is 4.79 Å². The fourth-order valence-electron chi connectivity index (χ4n) is 2.96. The number of thioether (sulfide) groups is 1. The molecular weight excluding hydrogens is 408 g/mol. The van der Waals surface area contributed by atoms with Crippen molar-refractivity contribution in [3.8, 4) is 0 Å². The predicted molar refractivity (Wildman–Crippen MR) is 122 cm³/mol. The third-order valence-corrected chi connectivity index (χ3v) is 6.27. The summed E-state index contributed by atoms with van der Waals surface area (Å²) in [6.45, 7) is 6.27. The van der Waals surface area contributed by atoms with Crippen LogP contribution in [0.15, 0.2) is 34.2 Å². The molecule has 8 heteroatoms. The van der Waals surface area contributed by atoms with Crippen LogP contribution in [0.3, 0.4) is 0 Å². The Morgan fingerprint density at radius 1 is 1.31 bits per heavy atom. The van der Waals surface area contributed by atoms with E-state index in [1.807, 2.05) is 30.8 Å². The summed E-state index contributed by atoms with van der Waals surface area (Å²) < 4.78 is 5.40. The summed E-state index contributed by atoms with van der Waals surface area (Å²) in [7, 11) is 3.51. The Labute approximate surface area is 184 Å². The van der Waals surface area contributed by atoms with Gasteiger partial charge in [-0.3, -0.25) is 4.79 Å². The Kier molecular flexibility index (Phi) is 10.7. The third kappa shape index (κ3) is 8.84. The lowest BCUT2D eigenvalue weighted by molar-refractivity contribution is -0.127. The number of ether oxygens (including phenoxy) is 1. The fourth-order valence-corrected chi connectivity index (χ4v) is 4.21. The van der Waals surface area contributed by atoms with E-state index in [4.69, 9.17) is 16.3 Å². The number of benzene rings is 1. The molecule has 1 saturated heterocycles. The van der Waals surface area contributed by atoms with E-state index in [0.29, 0.717) is 5.25 Å². The highest BCUT2D eigenvalue weighted by Gasteiger charge is 2.22. The Bertz CT molecular complexity index is 647. The highest BCUT2D eigenvalue weighted by molar-refractivity contribution is 8.00. The molecule has 0 spiro atoms. The van der Waals surface area contributed by atoms with Gasteiger partial charge >= 0.3 is 0 Å². The van der Waals surface area contributed by atoms with Crippen molar-refractivity contribution >= 4 is 35.2 Å². The first-order valence-corrected chi connectivity index (χ1v) is 11.5. The van der Waals surface area contributed by atoms with Crippen molar-refractivity contribution in [3.63, 3.8) is 0 Å². The minimum absolute atomic E-state index is 0.00629. The van der Waals surface area contributed by atoms with Crippen molar-refractivity contribution < 1.29 is 9.53 Å². The Hall–Kier alpha value is -1.44. The molecule has 1 amide bonds. The molecule has 0 saturated carbocycles. The SMILES string of the molecule is CCOCCCNC(=NCC(=O)N(C)C)N1CCC(Sc2ccc(Cl)cc2)CC1. The second-order valence-corrected chi connectivity index (χ2v) is 8.97. The number of carbonyl (C=O) groups excluding carboxylic acids is 1. The number of likely N-dealkylation sites (tertiary alicyclic amines) is 1. The number of aliphatic imine (C=N–C) groups is 1. The van der Waals surface area contributed by atoms with Crippen molar-refractivity contribution in [3.05, 3.63) is 29.3 Å². The second-order valence-electron chi connectivity index (χ2n) is 7.16. The number of rotatable bonds is 9. The molecule has 29 heavy (non-hydrogen) atoms. The number of amides is 1. The van der Waals surface area contributed by atoms with Gasteiger partial charge in [0.15, 0.2) is 5.96 Å². The Morgan fingerprint density at radius 2 is 2.00 bits per heavy atom. The molecular formula is C21H33ClN4O2S. The van der Waals surface area contributed by atoms with Gasteiger partial charge in [-0.25, -0.2) is 4.99 Å². The molecule has 0 unspecified atom stereocenters. The zero-order valence-corrected chi connectivity index (χ0v) is 19.3. The normalized spacial score (nSPS) is 15.4. The Morgan fingerprint density at radius 3 is 2.62 bits per heavy atom. The van der Waals surface area contributed by atoms with Crippen molar-refractivity contribution in [2.45, 2.75) is 36.3 Å². The first kappa shape index (κ1) is 23.8. The first-order chi connectivity index (χ1) is 14.0. The van der Waals surface area contributed by atoms with Gasteiger partial charge in [-0.05, 0) is 50.5 Å². The molecule has 0 bridgehead atoms. The molecule has 1 aliphatic heterocycles. The maximum Gasteiger partial charge on any atom is 0.243 e. The smallest absolute Gasteiger partial charge is 0.243 e. The molecule has 1 aromatic rings. The number of nitrogens with one attached hydrogen (secondary N) is 1. The van der Waals surface area contributed by atoms with E-state index in [2.05, 4.69) is 27.3 Å². The third-order valence-electron chi connectivity index (χ3n) is 4.67. The average Bonchev–Trinajstić information content (AvgIpc) is 2.72. The Balaban J connectivity index is 1.88. The molecule has 162 valence electrons. The lowest BCUT2D eigenvalue weighted by Gasteiger charge is -2.34. The van der Waals surface area contributed by atoms with Gasteiger partial charge in [0.25, 0.3) is 0 Å². The van der Waals surface area contributed by atoms with E-state index in [1.54, 1.807) is 19.0 Å².